The van der Waals surface area contributed by atoms with Gasteiger partial charge >= 0.3 is 7.82 Å². The van der Waals surface area contributed by atoms with Gasteiger partial charge in [0.2, 0.25) is 5.91 Å². The molecule has 0 aliphatic rings. The summed E-state index contributed by atoms with van der Waals surface area (Å²) in [5, 5.41) is 13.9. The number of phosphoric ester groups is 1. The molecule has 0 aliphatic heterocycles. The zero-order valence-corrected chi connectivity index (χ0v) is 47.1. The van der Waals surface area contributed by atoms with Gasteiger partial charge in [-0.25, -0.2) is 4.57 Å². The molecule has 0 aromatic rings. The Balaban J connectivity index is 4.24. The van der Waals surface area contributed by atoms with Crippen LogP contribution in [-0.2, 0) is 18.4 Å². The minimum Gasteiger partial charge on any atom is -0.387 e. The van der Waals surface area contributed by atoms with Crippen LogP contribution in [0.2, 0.25) is 0 Å². The van der Waals surface area contributed by atoms with E-state index in [-0.39, 0.29) is 25.5 Å². The molecule has 1 amide bonds. The molecule has 0 radical (unpaired) electrons. The number of rotatable bonds is 52. The first-order valence-corrected chi connectivity index (χ1v) is 30.5. The molecule has 0 saturated heterocycles. The summed E-state index contributed by atoms with van der Waals surface area (Å²) in [7, 11) is 1.51. The number of unbranched alkanes of at least 4 members (excludes halogenated alkanes) is 27. The number of nitrogens with zero attached hydrogens (tertiary/aromatic N) is 1. The lowest BCUT2D eigenvalue weighted by molar-refractivity contribution is -0.870. The number of allylic oxidation sites excluding steroid dienone is 13. The van der Waals surface area contributed by atoms with Crippen molar-refractivity contribution in [3.63, 3.8) is 0 Å². The van der Waals surface area contributed by atoms with Crippen LogP contribution < -0.4 is 5.32 Å². The summed E-state index contributed by atoms with van der Waals surface area (Å²) in [6.07, 6.45) is 72.9. The lowest BCUT2D eigenvalue weighted by Crippen LogP contribution is -2.45. The van der Waals surface area contributed by atoms with Crippen molar-refractivity contribution in [2.75, 3.05) is 40.9 Å². The van der Waals surface area contributed by atoms with Crippen LogP contribution in [0.15, 0.2) is 85.1 Å². The van der Waals surface area contributed by atoms with Crippen molar-refractivity contribution in [1.82, 2.24) is 5.32 Å². The van der Waals surface area contributed by atoms with Crippen LogP contribution in [0.5, 0.6) is 0 Å². The van der Waals surface area contributed by atoms with Gasteiger partial charge in [-0.05, 0) is 70.6 Å². The molecule has 406 valence electrons. The fraction of sp³-hybridized carbons (Fsp3) is 0.754. The molecule has 0 aliphatic carbocycles. The van der Waals surface area contributed by atoms with Crippen LogP contribution in [-0.4, -0.2) is 73.4 Å². The maximum atomic E-state index is 12.9. The van der Waals surface area contributed by atoms with Crippen molar-refractivity contribution in [1.29, 1.82) is 0 Å². The second kappa shape index (κ2) is 51.6. The fourth-order valence-electron chi connectivity index (χ4n) is 8.09. The Kier molecular flexibility index (Phi) is 49.9. The van der Waals surface area contributed by atoms with E-state index in [0.717, 1.165) is 57.8 Å². The summed E-state index contributed by atoms with van der Waals surface area (Å²) in [5.41, 5.74) is 0. The van der Waals surface area contributed by atoms with Crippen LogP contribution in [0.25, 0.3) is 0 Å². The number of carbonyl (C=O) groups is 1. The zero-order chi connectivity index (χ0) is 51.3. The van der Waals surface area contributed by atoms with Gasteiger partial charge in [0.1, 0.15) is 13.2 Å². The van der Waals surface area contributed by atoms with E-state index >= 15 is 0 Å². The highest BCUT2D eigenvalue weighted by atomic mass is 31.2. The molecule has 0 aromatic carbocycles. The zero-order valence-electron chi connectivity index (χ0n) is 46.2. The fourth-order valence-corrected chi connectivity index (χ4v) is 8.83. The summed E-state index contributed by atoms with van der Waals surface area (Å²) in [6, 6.07) is -0.899. The monoisotopic (exact) mass is 1000 g/mol. The molecule has 0 heterocycles. The number of quaternary nitrogens is 1. The average molecular weight is 1000 g/mol. The molecule has 0 spiro atoms. The Bertz CT molecular complexity index is 1410. The number of amides is 1. The highest BCUT2D eigenvalue weighted by Crippen LogP contribution is 2.43. The molecular formula is C61H112N2O6P+. The summed E-state index contributed by atoms with van der Waals surface area (Å²) < 4.78 is 23.6. The smallest absolute Gasteiger partial charge is 0.387 e. The third-order valence-corrected chi connectivity index (χ3v) is 13.6. The predicted octanol–water partition coefficient (Wildman–Crippen LogP) is 17.6. The Morgan fingerprint density at radius 2 is 0.871 bits per heavy atom. The first kappa shape index (κ1) is 67.7. The minimum absolute atomic E-state index is 0.0414. The molecule has 3 atom stereocenters. The van der Waals surface area contributed by atoms with Gasteiger partial charge in [-0.1, -0.05) is 253 Å². The van der Waals surface area contributed by atoms with E-state index in [1.54, 1.807) is 6.08 Å². The van der Waals surface area contributed by atoms with E-state index in [9.17, 15) is 19.4 Å². The van der Waals surface area contributed by atoms with Crippen molar-refractivity contribution >= 4 is 13.7 Å². The van der Waals surface area contributed by atoms with Crippen LogP contribution in [0.1, 0.15) is 245 Å². The highest BCUT2D eigenvalue weighted by molar-refractivity contribution is 7.47. The van der Waals surface area contributed by atoms with E-state index in [4.69, 9.17) is 9.05 Å². The number of likely N-dealkylation sites (N-methyl/N-ethyl adjacent to an activating group) is 1. The normalized spacial score (nSPS) is 14.6. The summed E-state index contributed by atoms with van der Waals surface area (Å²) in [5.74, 6) is -0.244. The first-order chi connectivity index (χ1) is 34.0. The maximum absolute atomic E-state index is 12.9. The number of aliphatic hydroxyl groups excluding tert-OH is 1. The largest absolute Gasteiger partial charge is 0.472 e. The van der Waals surface area contributed by atoms with E-state index in [2.05, 4.69) is 92.1 Å². The molecule has 0 fully saturated rings. The molecule has 3 unspecified atom stereocenters. The SMILES string of the molecule is CC/C=C\C/C=C\C/C=C\C/C=C\C/C=C\CCCC(=O)NC(COP(=O)(O)OCC[N+](C)(C)C)C(O)/C=C/CC/C=C/CCCCCCCCCCCCCCCCCCCCCCCCCCC. The Morgan fingerprint density at radius 3 is 1.31 bits per heavy atom. The Hall–Kier alpha value is -2.32. The number of hydrogen-bond donors (Lipinski definition) is 3. The second-order valence-electron chi connectivity index (χ2n) is 20.6. The molecule has 9 heteroatoms. The van der Waals surface area contributed by atoms with Crippen LogP contribution in [0.4, 0.5) is 0 Å². The topological polar surface area (TPSA) is 105 Å². The number of hydrogen-bond acceptors (Lipinski definition) is 5. The molecule has 3 N–H and O–H groups in total. The molecule has 70 heavy (non-hydrogen) atoms. The number of aliphatic hydroxyl groups is 1. The van der Waals surface area contributed by atoms with Gasteiger partial charge in [0.25, 0.3) is 0 Å². The summed E-state index contributed by atoms with van der Waals surface area (Å²) in [6.45, 7) is 4.64. The van der Waals surface area contributed by atoms with Crippen LogP contribution in [0.3, 0.4) is 0 Å². The average Bonchev–Trinajstić information content (AvgIpc) is 3.32. The minimum atomic E-state index is -4.38. The molecule has 0 saturated carbocycles. The van der Waals surface area contributed by atoms with E-state index in [1.807, 2.05) is 27.2 Å². The quantitative estimate of drug-likeness (QED) is 0.0243. The third-order valence-electron chi connectivity index (χ3n) is 12.6. The summed E-state index contributed by atoms with van der Waals surface area (Å²) in [4.78, 5) is 23.2. The third kappa shape index (κ3) is 53.5. The molecule has 0 rings (SSSR count). The molecular weight excluding hydrogens is 888 g/mol. The standard InChI is InChI=1S/C61H111N2O6P/c1-6-8-10-12-14-16-18-20-22-24-25-26-27-28-29-30-31-32-33-34-35-36-37-39-40-42-44-46-48-50-52-54-60(64)59(58-69-70(66,67)68-57-56-63(3,4)5)62-61(65)55-53-51-49-47-45-43-41-38-23-21-19-17-15-13-11-9-7-2/h9,11,15,17,21,23,41,43-44,46-47,49,52,54,59-60,64H,6-8,10,12-14,16,18-20,22,24-40,42,45,48,50-51,53,55-58H2,1-5H3,(H-,62,65,66,67)/p+1/b11-9-,17-15-,23-21-,43-41-,46-44+,49-47-,54-52+. The molecule has 0 bridgehead atoms. The first-order valence-electron chi connectivity index (χ1n) is 29.0. The van der Waals surface area contributed by atoms with Crippen molar-refractivity contribution in [3.05, 3.63) is 85.1 Å². The highest BCUT2D eigenvalue weighted by Gasteiger charge is 2.27. The van der Waals surface area contributed by atoms with Gasteiger partial charge in [-0.3, -0.25) is 13.8 Å². The van der Waals surface area contributed by atoms with Crippen molar-refractivity contribution < 1.29 is 32.9 Å². The van der Waals surface area contributed by atoms with Gasteiger partial charge in [-0.2, -0.15) is 0 Å². The number of nitrogens with one attached hydrogen (secondary N) is 1. The second-order valence-corrected chi connectivity index (χ2v) is 22.1. The Labute approximate surface area is 433 Å². The maximum Gasteiger partial charge on any atom is 0.472 e. The predicted molar refractivity (Wildman–Crippen MR) is 304 cm³/mol. The van der Waals surface area contributed by atoms with E-state index < -0.39 is 20.0 Å². The van der Waals surface area contributed by atoms with Gasteiger partial charge in [-0.15, -0.1) is 0 Å². The van der Waals surface area contributed by atoms with E-state index in [1.165, 1.54) is 161 Å². The Morgan fingerprint density at radius 1 is 0.500 bits per heavy atom. The van der Waals surface area contributed by atoms with Crippen molar-refractivity contribution in [2.24, 2.45) is 0 Å². The van der Waals surface area contributed by atoms with Crippen molar-refractivity contribution in [3.8, 4) is 0 Å². The van der Waals surface area contributed by atoms with Gasteiger partial charge in [0.15, 0.2) is 0 Å². The lowest BCUT2D eigenvalue weighted by Gasteiger charge is -2.25. The molecule has 8 nitrogen and oxygen atoms in total. The molecule has 0 aromatic heterocycles. The van der Waals surface area contributed by atoms with Gasteiger partial charge < -0.3 is 19.8 Å². The van der Waals surface area contributed by atoms with Gasteiger partial charge in [0.05, 0.1) is 39.9 Å². The lowest BCUT2D eigenvalue weighted by atomic mass is 10.0. The van der Waals surface area contributed by atoms with Gasteiger partial charge in [0, 0.05) is 6.42 Å². The number of carbonyl (C=O) groups excluding carboxylic acids is 1. The van der Waals surface area contributed by atoms with E-state index in [0.29, 0.717) is 17.4 Å². The van der Waals surface area contributed by atoms with Crippen LogP contribution >= 0.6 is 7.82 Å². The van der Waals surface area contributed by atoms with Crippen molar-refractivity contribution in [2.45, 2.75) is 257 Å². The summed E-state index contributed by atoms with van der Waals surface area (Å²) >= 11 is 0. The van der Waals surface area contributed by atoms with Crippen LogP contribution in [0, 0.1) is 0 Å². The number of phosphoric acid groups is 1.